The Balaban J connectivity index is 1.76. The van der Waals surface area contributed by atoms with Gasteiger partial charge < -0.3 is 14.6 Å². The van der Waals surface area contributed by atoms with Crippen LogP contribution in [-0.2, 0) is 4.74 Å². The van der Waals surface area contributed by atoms with Crippen LogP contribution in [0.3, 0.4) is 0 Å². The Kier molecular flexibility index (Phi) is 13.8. The molecule has 3 aromatic rings. The van der Waals surface area contributed by atoms with Gasteiger partial charge in [0.25, 0.3) is 0 Å². The van der Waals surface area contributed by atoms with Crippen molar-refractivity contribution in [2.75, 3.05) is 6.61 Å². The van der Waals surface area contributed by atoms with Crippen LogP contribution in [0.1, 0.15) is 105 Å². The van der Waals surface area contributed by atoms with Gasteiger partial charge in [-0.1, -0.05) is 77.3 Å². The van der Waals surface area contributed by atoms with E-state index in [4.69, 9.17) is 9.47 Å². The van der Waals surface area contributed by atoms with E-state index in [1.807, 2.05) is 6.92 Å². The van der Waals surface area contributed by atoms with Crippen molar-refractivity contribution in [1.29, 1.82) is 0 Å². The van der Waals surface area contributed by atoms with Gasteiger partial charge in [-0.2, -0.15) is 13.2 Å². The van der Waals surface area contributed by atoms with Gasteiger partial charge in [0.05, 0.1) is 35.7 Å². The normalized spacial score (nSPS) is 12.1. The average Bonchev–Trinajstić information content (AvgIpc) is 3.01. The van der Waals surface area contributed by atoms with Crippen molar-refractivity contribution >= 4 is 11.9 Å². The summed E-state index contributed by atoms with van der Waals surface area (Å²) in [6, 6.07) is 7.35. The number of alkyl halides is 3. The van der Waals surface area contributed by atoms with Gasteiger partial charge in [0.15, 0.2) is 17.7 Å². The standard InChI is InChI=1S/C34H40F4N2O5/c1-3-5-7-9-10-12-20-44-25-21-39-31(40-22-25)27-19-18-26(32(41)42)29(30(27)35)23-14-16-24(17-15-23)33(43)45-28(34(36,37)38)13-11-8-6-4-2/h14-19,21-22,28H,3-13,20H2,1-2H3,(H,41,42). The summed E-state index contributed by atoms with van der Waals surface area (Å²) in [6.07, 6.45) is 4.68. The number of aromatic nitrogens is 2. The summed E-state index contributed by atoms with van der Waals surface area (Å²) in [5, 5.41) is 9.74. The van der Waals surface area contributed by atoms with E-state index in [0.29, 0.717) is 18.8 Å². The number of hydrogen-bond acceptors (Lipinski definition) is 6. The minimum Gasteiger partial charge on any atom is -0.490 e. The summed E-state index contributed by atoms with van der Waals surface area (Å²) < 4.78 is 66.8. The van der Waals surface area contributed by atoms with Crippen LogP contribution in [0.4, 0.5) is 17.6 Å². The zero-order valence-electron chi connectivity index (χ0n) is 25.7. The molecule has 1 unspecified atom stereocenters. The molecule has 1 atom stereocenters. The van der Waals surface area contributed by atoms with Crippen molar-refractivity contribution in [3.8, 4) is 28.3 Å². The second kappa shape index (κ2) is 17.5. The Morgan fingerprint density at radius 1 is 0.844 bits per heavy atom. The van der Waals surface area contributed by atoms with Crippen LogP contribution in [0.25, 0.3) is 22.5 Å². The molecular formula is C34H40F4N2O5. The zero-order valence-corrected chi connectivity index (χ0v) is 25.7. The number of esters is 1. The Morgan fingerprint density at radius 3 is 2.04 bits per heavy atom. The molecule has 0 saturated carbocycles. The van der Waals surface area contributed by atoms with Crippen molar-refractivity contribution in [2.45, 2.75) is 96.8 Å². The van der Waals surface area contributed by atoms with E-state index in [1.165, 1.54) is 68.1 Å². The molecule has 0 amide bonds. The molecule has 45 heavy (non-hydrogen) atoms. The van der Waals surface area contributed by atoms with Crippen LogP contribution in [0.2, 0.25) is 0 Å². The first kappa shape index (κ1) is 35.5. The van der Waals surface area contributed by atoms with E-state index >= 15 is 4.39 Å². The number of carboxylic acids is 1. The summed E-state index contributed by atoms with van der Waals surface area (Å²) in [6.45, 7) is 4.60. The molecule has 0 aliphatic heterocycles. The van der Waals surface area contributed by atoms with Crippen molar-refractivity contribution in [1.82, 2.24) is 9.97 Å². The molecule has 3 rings (SSSR count). The molecule has 7 nitrogen and oxygen atoms in total. The lowest BCUT2D eigenvalue weighted by Gasteiger charge is -2.20. The molecule has 0 aliphatic carbocycles. The van der Waals surface area contributed by atoms with Crippen LogP contribution in [-0.4, -0.2) is 45.9 Å². The predicted molar refractivity (Wildman–Crippen MR) is 163 cm³/mol. The second-order valence-electron chi connectivity index (χ2n) is 10.9. The van der Waals surface area contributed by atoms with Crippen LogP contribution in [0.5, 0.6) is 5.75 Å². The molecule has 0 bridgehead atoms. The highest BCUT2D eigenvalue weighted by Gasteiger charge is 2.42. The lowest BCUT2D eigenvalue weighted by atomic mass is 9.95. The third-order valence-corrected chi connectivity index (χ3v) is 7.35. The minimum atomic E-state index is -4.72. The maximum absolute atomic E-state index is 15.9. The predicted octanol–water partition coefficient (Wildman–Crippen LogP) is 9.45. The summed E-state index contributed by atoms with van der Waals surface area (Å²) in [7, 11) is 0. The van der Waals surface area contributed by atoms with Gasteiger partial charge >= 0.3 is 18.1 Å². The molecule has 244 valence electrons. The fourth-order valence-corrected chi connectivity index (χ4v) is 4.83. The smallest absolute Gasteiger partial charge is 0.425 e. The Labute approximate surface area is 261 Å². The quantitative estimate of drug-likeness (QED) is 0.0847. The van der Waals surface area contributed by atoms with E-state index in [9.17, 15) is 27.9 Å². The van der Waals surface area contributed by atoms with E-state index in [-0.39, 0.29) is 46.5 Å². The van der Waals surface area contributed by atoms with Crippen molar-refractivity contribution in [3.05, 3.63) is 65.7 Å². The van der Waals surface area contributed by atoms with Crippen LogP contribution >= 0.6 is 0 Å². The molecule has 0 fully saturated rings. The van der Waals surface area contributed by atoms with E-state index in [0.717, 1.165) is 32.1 Å². The number of ether oxygens (including phenoxy) is 2. The summed E-state index contributed by atoms with van der Waals surface area (Å²) in [5.74, 6) is -3.05. The topological polar surface area (TPSA) is 98.6 Å². The van der Waals surface area contributed by atoms with Crippen LogP contribution < -0.4 is 4.74 Å². The lowest BCUT2D eigenvalue weighted by Crippen LogP contribution is -2.33. The van der Waals surface area contributed by atoms with Crippen molar-refractivity contribution < 1.29 is 41.7 Å². The number of nitrogens with zero attached hydrogens (tertiary/aromatic N) is 2. The number of carboxylic acid groups (broad SMARTS) is 1. The fourth-order valence-electron chi connectivity index (χ4n) is 4.83. The molecule has 11 heteroatoms. The van der Waals surface area contributed by atoms with Gasteiger partial charge in [0.2, 0.25) is 0 Å². The highest BCUT2D eigenvalue weighted by Crippen LogP contribution is 2.34. The zero-order chi connectivity index (χ0) is 32.8. The van der Waals surface area contributed by atoms with Gasteiger partial charge in [-0.25, -0.2) is 23.9 Å². The highest BCUT2D eigenvalue weighted by atomic mass is 19.4. The van der Waals surface area contributed by atoms with E-state index < -0.39 is 30.0 Å². The Bertz CT molecular complexity index is 1380. The third-order valence-electron chi connectivity index (χ3n) is 7.35. The highest BCUT2D eigenvalue weighted by molar-refractivity contribution is 5.98. The molecule has 0 aliphatic rings. The van der Waals surface area contributed by atoms with Gasteiger partial charge in [0, 0.05) is 5.56 Å². The molecule has 0 radical (unpaired) electrons. The first-order valence-electron chi connectivity index (χ1n) is 15.5. The third kappa shape index (κ3) is 10.5. The monoisotopic (exact) mass is 632 g/mol. The van der Waals surface area contributed by atoms with Gasteiger partial charge in [-0.3, -0.25) is 0 Å². The molecule has 1 N–H and O–H groups in total. The average molecular weight is 633 g/mol. The second-order valence-corrected chi connectivity index (χ2v) is 10.9. The van der Waals surface area contributed by atoms with E-state index in [1.54, 1.807) is 0 Å². The summed E-state index contributed by atoms with van der Waals surface area (Å²) in [5.41, 5.74) is -0.785. The lowest BCUT2D eigenvalue weighted by molar-refractivity contribution is -0.206. The molecular weight excluding hydrogens is 592 g/mol. The minimum absolute atomic E-state index is 0.00920. The molecule has 1 aromatic heterocycles. The first-order valence-corrected chi connectivity index (χ1v) is 15.5. The molecule has 2 aromatic carbocycles. The maximum atomic E-state index is 15.9. The Hall–Kier alpha value is -4.02. The van der Waals surface area contributed by atoms with Crippen molar-refractivity contribution in [3.63, 3.8) is 0 Å². The number of benzene rings is 2. The van der Waals surface area contributed by atoms with Gasteiger partial charge in [-0.05, 0) is 49.1 Å². The molecule has 0 spiro atoms. The number of carbonyl (C=O) groups excluding carboxylic acids is 1. The molecule has 1 heterocycles. The summed E-state index contributed by atoms with van der Waals surface area (Å²) >= 11 is 0. The number of hydrogen-bond donors (Lipinski definition) is 1. The van der Waals surface area contributed by atoms with E-state index in [2.05, 4.69) is 16.9 Å². The summed E-state index contributed by atoms with van der Waals surface area (Å²) in [4.78, 5) is 32.9. The first-order chi connectivity index (χ1) is 21.6. The van der Waals surface area contributed by atoms with Gasteiger partial charge in [0.1, 0.15) is 5.82 Å². The number of rotatable bonds is 18. The Morgan fingerprint density at radius 2 is 1.44 bits per heavy atom. The number of aromatic carboxylic acids is 1. The maximum Gasteiger partial charge on any atom is 0.425 e. The fraction of sp³-hybridized carbons (Fsp3) is 0.471. The van der Waals surface area contributed by atoms with Gasteiger partial charge in [-0.15, -0.1) is 0 Å². The largest absolute Gasteiger partial charge is 0.490 e. The number of unbranched alkanes of at least 4 members (excludes halogenated alkanes) is 8. The SMILES string of the molecule is CCCCCCCCOc1cnc(-c2ccc(C(=O)O)c(-c3ccc(C(=O)OC(CCCCCC)C(F)(F)F)cc3)c2F)nc1. The number of carbonyl (C=O) groups is 2. The van der Waals surface area contributed by atoms with Crippen LogP contribution in [0, 0.1) is 5.82 Å². The molecule has 0 saturated heterocycles. The number of halogens is 4. The van der Waals surface area contributed by atoms with Crippen molar-refractivity contribution in [2.24, 2.45) is 0 Å². The van der Waals surface area contributed by atoms with Crippen LogP contribution in [0.15, 0.2) is 48.8 Å².